The predicted octanol–water partition coefficient (Wildman–Crippen LogP) is 5.24. The van der Waals surface area contributed by atoms with Crippen molar-refractivity contribution in [2.24, 2.45) is 0 Å². The van der Waals surface area contributed by atoms with Crippen molar-refractivity contribution < 1.29 is 18.5 Å². The molecule has 0 aliphatic carbocycles. The lowest BCUT2D eigenvalue weighted by molar-refractivity contribution is 0.0707. The maximum atomic E-state index is 13.4. The van der Waals surface area contributed by atoms with E-state index in [0.29, 0.717) is 31.2 Å². The Morgan fingerprint density at radius 2 is 1.76 bits per heavy atom. The predicted molar refractivity (Wildman–Crippen MR) is 126 cm³/mol. The van der Waals surface area contributed by atoms with Gasteiger partial charge >= 0.3 is 0 Å². The van der Waals surface area contributed by atoms with Crippen molar-refractivity contribution in [3.63, 3.8) is 0 Å². The molecular weight excluding hydrogens is 418 g/mol. The summed E-state index contributed by atoms with van der Waals surface area (Å²) in [5.74, 6) is 1.77. The lowest BCUT2D eigenvalue weighted by Gasteiger charge is -2.21. The standard InChI is InChI=1S/C26H27N3O4/c1-4-31-22-13-9-20(10-14-22)25-16-24(27-33-25)26(30)29(18-23-6-5-15-32-23)17-19-7-11-21(12-8-19)28(2)3/h5-16H,4,17-18H2,1-3H3. The molecule has 0 aliphatic rings. The highest BCUT2D eigenvalue weighted by atomic mass is 16.5. The first-order valence-corrected chi connectivity index (χ1v) is 10.8. The first-order chi connectivity index (χ1) is 16.0. The third-order valence-corrected chi connectivity index (χ3v) is 5.22. The molecule has 2 aromatic heterocycles. The van der Waals surface area contributed by atoms with E-state index >= 15 is 0 Å². The van der Waals surface area contributed by atoms with Crippen LogP contribution in [0.3, 0.4) is 0 Å². The molecule has 0 saturated heterocycles. The van der Waals surface area contributed by atoms with E-state index in [1.807, 2.05) is 86.6 Å². The van der Waals surface area contributed by atoms with Crippen LogP contribution in [0.5, 0.6) is 5.75 Å². The van der Waals surface area contributed by atoms with Crippen LogP contribution in [0.2, 0.25) is 0 Å². The fraction of sp³-hybridized carbons (Fsp3) is 0.231. The summed E-state index contributed by atoms with van der Waals surface area (Å²) in [6.07, 6.45) is 1.60. The SMILES string of the molecule is CCOc1ccc(-c2cc(C(=O)N(Cc3ccc(N(C)C)cc3)Cc3ccco3)no2)cc1. The normalized spacial score (nSPS) is 10.8. The third-order valence-electron chi connectivity index (χ3n) is 5.22. The Kier molecular flexibility index (Phi) is 6.78. The van der Waals surface area contributed by atoms with Gasteiger partial charge in [-0.25, -0.2) is 0 Å². The minimum Gasteiger partial charge on any atom is -0.494 e. The highest BCUT2D eigenvalue weighted by Gasteiger charge is 2.22. The van der Waals surface area contributed by atoms with Gasteiger partial charge in [0.2, 0.25) is 0 Å². The highest BCUT2D eigenvalue weighted by Crippen LogP contribution is 2.25. The van der Waals surface area contributed by atoms with Gasteiger partial charge < -0.3 is 23.5 Å². The number of ether oxygens (including phenoxy) is 1. The van der Waals surface area contributed by atoms with E-state index in [-0.39, 0.29) is 11.6 Å². The van der Waals surface area contributed by atoms with Gasteiger partial charge in [0.25, 0.3) is 5.91 Å². The number of amides is 1. The third kappa shape index (κ3) is 5.44. The maximum absolute atomic E-state index is 13.4. The molecule has 0 spiro atoms. The molecule has 0 N–H and O–H groups in total. The molecule has 2 heterocycles. The number of carbonyl (C=O) groups excluding carboxylic acids is 1. The van der Waals surface area contributed by atoms with Crippen LogP contribution < -0.4 is 9.64 Å². The molecule has 7 nitrogen and oxygen atoms in total. The van der Waals surface area contributed by atoms with Crippen molar-refractivity contribution >= 4 is 11.6 Å². The summed E-state index contributed by atoms with van der Waals surface area (Å²) < 4.78 is 16.4. The lowest BCUT2D eigenvalue weighted by Crippen LogP contribution is -2.30. The number of furan rings is 1. The van der Waals surface area contributed by atoms with Gasteiger partial charge in [-0.1, -0.05) is 17.3 Å². The first-order valence-electron chi connectivity index (χ1n) is 10.8. The van der Waals surface area contributed by atoms with Gasteiger partial charge in [0.05, 0.1) is 19.4 Å². The highest BCUT2D eigenvalue weighted by molar-refractivity contribution is 5.93. The Bertz CT molecular complexity index is 1160. The summed E-state index contributed by atoms with van der Waals surface area (Å²) in [5, 5.41) is 4.05. The molecule has 0 radical (unpaired) electrons. The summed E-state index contributed by atoms with van der Waals surface area (Å²) >= 11 is 0. The quantitative estimate of drug-likeness (QED) is 0.351. The van der Waals surface area contributed by atoms with E-state index in [4.69, 9.17) is 13.7 Å². The molecule has 0 aliphatic heterocycles. The zero-order valence-corrected chi connectivity index (χ0v) is 19.0. The monoisotopic (exact) mass is 445 g/mol. The Hall–Kier alpha value is -4.00. The number of carbonyl (C=O) groups is 1. The van der Waals surface area contributed by atoms with Crippen LogP contribution in [-0.2, 0) is 13.1 Å². The van der Waals surface area contributed by atoms with E-state index in [9.17, 15) is 4.79 Å². The van der Waals surface area contributed by atoms with E-state index in [0.717, 1.165) is 22.6 Å². The van der Waals surface area contributed by atoms with Crippen molar-refractivity contribution in [3.05, 3.63) is 90.0 Å². The Balaban J connectivity index is 1.54. The van der Waals surface area contributed by atoms with Crippen molar-refractivity contribution in [2.45, 2.75) is 20.0 Å². The number of rotatable bonds is 9. The Labute approximate surface area is 193 Å². The minimum atomic E-state index is -0.232. The molecule has 0 atom stereocenters. The number of aromatic nitrogens is 1. The molecule has 0 unspecified atom stereocenters. The molecule has 4 aromatic rings. The van der Waals surface area contributed by atoms with Crippen LogP contribution in [0.25, 0.3) is 11.3 Å². The molecule has 0 fully saturated rings. The number of hydrogen-bond donors (Lipinski definition) is 0. The van der Waals surface area contributed by atoms with Crippen molar-refractivity contribution in [1.82, 2.24) is 10.1 Å². The number of benzene rings is 2. The summed E-state index contributed by atoms with van der Waals surface area (Å²) in [6, 6.07) is 20.9. The summed E-state index contributed by atoms with van der Waals surface area (Å²) in [5.41, 5.74) is 3.17. The number of hydrogen-bond acceptors (Lipinski definition) is 6. The van der Waals surface area contributed by atoms with Crippen LogP contribution in [0.4, 0.5) is 5.69 Å². The second kappa shape index (κ2) is 10.1. The Morgan fingerprint density at radius 3 is 2.39 bits per heavy atom. The minimum absolute atomic E-state index is 0.232. The van der Waals surface area contributed by atoms with E-state index < -0.39 is 0 Å². The molecule has 7 heteroatoms. The fourth-order valence-electron chi connectivity index (χ4n) is 3.47. The van der Waals surface area contributed by atoms with Gasteiger partial charge in [0.15, 0.2) is 11.5 Å². The van der Waals surface area contributed by atoms with Gasteiger partial charge in [0, 0.05) is 38.0 Å². The average molecular weight is 446 g/mol. The van der Waals surface area contributed by atoms with Gasteiger partial charge in [-0.05, 0) is 61.0 Å². The van der Waals surface area contributed by atoms with Crippen LogP contribution in [0, 0.1) is 0 Å². The molecule has 0 saturated carbocycles. The molecule has 1 amide bonds. The Morgan fingerprint density at radius 1 is 1.00 bits per heavy atom. The van der Waals surface area contributed by atoms with Crippen molar-refractivity contribution in [3.8, 4) is 17.1 Å². The van der Waals surface area contributed by atoms with Crippen LogP contribution >= 0.6 is 0 Å². The average Bonchev–Trinajstić information content (AvgIpc) is 3.52. The molecular formula is C26H27N3O4. The molecule has 0 bridgehead atoms. The first kappa shape index (κ1) is 22.2. The van der Waals surface area contributed by atoms with Gasteiger partial charge in [-0.2, -0.15) is 0 Å². The summed E-state index contributed by atoms with van der Waals surface area (Å²) in [7, 11) is 3.99. The topological polar surface area (TPSA) is 72.0 Å². The van der Waals surface area contributed by atoms with Gasteiger partial charge in [-0.3, -0.25) is 4.79 Å². The van der Waals surface area contributed by atoms with Gasteiger partial charge in [0.1, 0.15) is 11.5 Å². The number of anilines is 1. The van der Waals surface area contributed by atoms with Crippen LogP contribution in [0.1, 0.15) is 28.7 Å². The van der Waals surface area contributed by atoms with Gasteiger partial charge in [-0.15, -0.1) is 0 Å². The van der Waals surface area contributed by atoms with Crippen LogP contribution in [-0.4, -0.2) is 36.7 Å². The zero-order chi connectivity index (χ0) is 23.2. The fourth-order valence-corrected chi connectivity index (χ4v) is 3.47. The molecule has 2 aromatic carbocycles. The second-order valence-electron chi connectivity index (χ2n) is 7.84. The molecule has 4 rings (SSSR count). The number of nitrogens with zero attached hydrogens (tertiary/aromatic N) is 3. The molecule has 170 valence electrons. The maximum Gasteiger partial charge on any atom is 0.276 e. The summed E-state index contributed by atoms with van der Waals surface area (Å²) in [4.78, 5) is 17.1. The summed E-state index contributed by atoms with van der Waals surface area (Å²) in [6.45, 7) is 3.28. The van der Waals surface area contributed by atoms with Crippen molar-refractivity contribution in [2.75, 3.05) is 25.6 Å². The zero-order valence-electron chi connectivity index (χ0n) is 19.0. The van der Waals surface area contributed by atoms with E-state index in [1.54, 1.807) is 17.2 Å². The smallest absolute Gasteiger partial charge is 0.276 e. The van der Waals surface area contributed by atoms with E-state index in [1.165, 1.54) is 0 Å². The lowest BCUT2D eigenvalue weighted by atomic mass is 10.1. The van der Waals surface area contributed by atoms with Crippen LogP contribution in [0.15, 0.2) is 81.9 Å². The van der Waals surface area contributed by atoms with E-state index in [2.05, 4.69) is 5.16 Å². The largest absolute Gasteiger partial charge is 0.494 e. The second-order valence-corrected chi connectivity index (χ2v) is 7.84. The van der Waals surface area contributed by atoms with Crippen molar-refractivity contribution in [1.29, 1.82) is 0 Å². The molecule has 33 heavy (non-hydrogen) atoms.